The molecule has 3 rings (SSSR count). The Kier molecular flexibility index (Phi) is 4.24. The van der Waals surface area contributed by atoms with Gasteiger partial charge in [0, 0.05) is 29.9 Å². The minimum Gasteiger partial charge on any atom is -0.366 e. The van der Waals surface area contributed by atoms with Crippen molar-refractivity contribution in [2.75, 3.05) is 18.8 Å². The van der Waals surface area contributed by atoms with Gasteiger partial charge in [-0.2, -0.15) is 4.57 Å². The third kappa shape index (κ3) is 2.57. The Bertz CT molecular complexity index is 663. The van der Waals surface area contributed by atoms with Crippen LogP contribution >= 0.6 is 34.7 Å². The van der Waals surface area contributed by atoms with Crippen molar-refractivity contribution in [2.45, 2.75) is 20.4 Å². The van der Waals surface area contributed by atoms with Gasteiger partial charge in [0.2, 0.25) is 5.52 Å². The SMILES string of the molecule is CCN1CCSC1=Cc1sc2ccc(Cl)cc2[n+]1CC. The Labute approximate surface area is 133 Å². The van der Waals surface area contributed by atoms with E-state index in [1.807, 2.05) is 29.2 Å². The highest BCUT2D eigenvalue weighted by Crippen LogP contribution is 2.31. The average Bonchev–Trinajstić information content (AvgIpc) is 3.02. The van der Waals surface area contributed by atoms with Crippen LogP contribution in [0.3, 0.4) is 0 Å². The van der Waals surface area contributed by atoms with Crippen LogP contribution in [0, 0.1) is 0 Å². The van der Waals surface area contributed by atoms with E-state index in [1.54, 1.807) is 0 Å². The molecule has 1 aromatic carbocycles. The number of thioether (sulfide) groups is 1. The number of halogens is 1. The van der Waals surface area contributed by atoms with Crippen LogP contribution in [0.1, 0.15) is 18.9 Å². The highest BCUT2D eigenvalue weighted by Gasteiger charge is 2.22. The fourth-order valence-corrected chi connectivity index (χ4v) is 5.03. The van der Waals surface area contributed by atoms with Crippen LogP contribution in [-0.2, 0) is 6.54 Å². The lowest BCUT2D eigenvalue weighted by atomic mass is 10.3. The third-order valence-corrected chi connectivity index (χ3v) is 5.97. The minimum absolute atomic E-state index is 0.808. The number of hydrogen-bond donors (Lipinski definition) is 0. The van der Waals surface area contributed by atoms with Gasteiger partial charge in [-0.1, -0.05) is 22.9 Å². The Morgan fingerprint density at radius 2 is 2.25 bits per heavy atom. The number of thiazole rings is 1. The van der Waals surface area contributed by atoms with Gasteiger partial charge in [0.1, 0.15) is 11.2 Å². The number of aryl methyl sites for hydroxylation is 1. The molecular formula is C15H18ClN2S2+. The molecule has 1 aliphatic rings. The number of aromatic nitrogens is 1. The fourth-order valence-electron chi connectivity index (χ4n) is 2.52. The molecule has 0 radical (unpaired) electrons. The number of benzene rings is 1. The number of nitrogens with zero attached hydrogens (tertiary/aromatic N) is 2. The second kappa shape index (κ2) is 5.96. The molecule has 2 nitrogen and oxygen atoms in total. The lowest BCUT2D eigenvalue weighted by Crippen LogP contribution is -2.33. The van der Waals surface area contributed by atoms with Gasteiger partial charge >= 0.3 is 0 Å². The quantitative estimate of drug-likeness (QED) is 0.780. The van der Waals surface area contributed by atoms with Gasteiger partial charge in [-0.3, -0.25) is 0 Å². The summed E-state index contributed by atoms with van der Waals surface area (Å²) in [6.45, 7) is 7.63. The third-order valence-electron chi connectivity index (χ3n) is 3.56. The van der Waals surface area contributed by atoms with Crippen molar-refractivity contribution in [1.29, 1.82) is 0 Å². The largest absolute Gasteiger partial charge is 0.366 e. The summed E-state index contributed by atoms with van der Waals surface area (Å²) < 4.78 is 3.65. The Hall–Kier alpha value is -0.710. The van der Waals surface area contributed by atoms with Gasteiger partial charge < -0.3 is 4.90 Å². The van der Waals surface area contributed by atoms with Gasteiger partial charge in [-0.15, -0.1) is 11.8 Å². The van der Waals surface area contributed by atoms with E-state index < -0.39 is 0 Å². The molecule has 2 aromatic rings. The molecule has 1 aromatic heterocycles. The van der Waals surface area contributed by atoms with Crippen LogP contribution in [-0.4, -0.2) is 23.7 Å². The molecule has 5 heteroatoms. The summed E-state index contributed by atoms with van der Waals surface area (Å²) in [6.07, 6.45) is 2.34. The standard InChI is InChI=1S/C15H18ClN2S2/c1-3-17-7-8-19-14(17)10-15-18(4-2)12-9-11(16)5-6-13(12)20-15/h5-6,9-10H,3-4,7-8H2,1-2H3/q+1. The Morgan fingerprint density at radius 3 is 3.00 bits per heavy atom. The summed E-state index contributed by atoms with van der Waals surface area (Å²) in [5.74, 6) is 1.20. The Morgan fingerprint density at radius 1 is 1.40 bits per heavy atom. The summed E-state index contributed by atoms with van der Waals surface area (Å²) in [4.78, 5) is 2.45. The fraction of sp³-hybridized carbons (Fsp3) is 0.400. The molecule has 0 spiro atoms. The van der Waals surface area contributed by atoms with E-state index in [1.165, 1.54) is 26.0 Å². The van der Waals surface area contributed by atoms with Gasteiger partial charge in [0.05, 0.1) is 11.1 Å². The molecule has 1 fully saturated rings. The van der Waals surface area contributed by atoms with Gasteiger partial charge in [0.15, 0.2) is 0 Å². The van der Waals surface area contributed by atoms with Crippen LogP contribution in [0.5, 0.6) is 0 Å². The summed E-state index contributed by atoms with van der Waals surface area (Å²) in [5.41, 5.74) is 1.24. The van der Waals surface area contributed by atoms with E-state index in [2.05, 4.69) is 41.5 Å². The summed E-state index contributed by atoms with van der Waals surface area (Å²) in [5, 5.41) is 3.52. The van der Waals surface area contributed by atoms with E-state index in [4.69, 9.17) is 11.6 Å². The van der Waals surface area contributed by atoms with Crippen LogP contribution in [0.25, 0.3) is 16.3 Å². The van der Waals surface area contributed by atoms with Crippen LogP contribution in [0.2, 0.25) is 5.02 Å². The zero-order valence-corrected chi connectivity index (χ0v) is 14.1. The van der Waals surface area contributed by atoms with Crippen molar-refractivity contribution in [3.63, 3.8) is 0 Å². The van der Waals surface area contributed by atoms with Gasteiger partial charge in [0.25, 0.3) is 5.01 Å². The molecule has 20 heavy (non-hydrogen) atoms. The van der Waals surface area contributed by atoms with Crippen molar-refractivity contribution in [1.82, 2.24) is 4.90 Å². The first kappa shape index (κ1) is 14.2. The molecule has 1 aliphatic heterocycles. The molecule has 0 aliphatic carbocycles. The lowest BCUT2D eigenvalue weighted by Gasteiger charge is -2.14. The highest BCUT2D eigenvalue weighted by atomic mass is 35.5. The molecule has 2 heterocycles. The first-order chi connectivity index (χ1) is 9.72. The predicted octanol–water partition coefficient (Wildman–Crippen LogP) is 4.23. The zero-order valence-electron chi connectivity index (χ0n) is 11.7. The summed E-state index contributed by atoms with van der Waals surface area (Å²) >= 11 is 9.94. The molecule has 0 atom stereocenters. The van der Waals surface area contributed by atoms with Crippen molar-refractivity contribution >= 4 is 51.0 Å². The molecule has 0 bridgehead atoms. The topological polar surface area (TPSA) is 7.12 Å². The summed E-state index contributed by atoms with van der Waals surface area (Å²) in [7, 11) is 0. The number of rotatable bonds is 3. The van der Waals surface area contributed by atoms with Gasteiger partial charge in [-0.05, 0) is 26.0 Å². The zero-order chi connectivity index (χ0) is 14.1. The first-order valence-corrected chi connectivity index (χ1v) is 9.12. The normalized spacial score (nSPS) is 17.6. The van der Waals surface area contributed by atoms with E-state index in [0.29, 0.717) is 0 Å². The molecule has 0 unspecified atom stereocenters. The van der Waals surface area contributed by atoms with Crippen molar-refractivity contribution < 1.29 is 4.57 Å². The molecule has 1 saturated heterocycles. The van der Waals surface area contributed by atoms with Crippen molar-refractivity contribution in [3.05, 3.63) is 33.3 Å². The van der Waals surface area contributed by atoms with E-state index in [-0.39, 0.29) is 0 Å². The average molecular weight is 326 g/mol. The Balaban J connectivity index is 2.09. The molecule has 106 valence electrons. The number of hydrogen-bond acceptors (Lipinski definition) is 3. The molecule has 0 N–H and O–H groups in total. The maximum Gasteiger partial charge on any atom is 0.265 e. The first-order valence-electron chi connectivity index (χ1n) is 6.94. The minimum atomic E-state index is 0.808. The molecule has 0 saturated carbocycles. The lowest BCUT2D eigenvalue weighted by molar-refractivity contribution is -0.665. The summed E-state index contributed by atoms with van der Waals surface area (Å²) in [6, 6.07) is 6.16. The molecular weight excluding hydrogens is 308 g/mol. The monoisotopic (exact) mass is 325 g/mol. The second-order valence-corrected chi connectivity index (χ2v) is 7.32. The van der Waals surface area contributed by atoms with Crippen molar-refractivity contribution in [3.8, 4) is 0 Å². The van der Waals surface area contributed by atoms with Crippen LogP contribution in [0.4, 0.5) is 0 Å². The maximum absolute atomic E-state index is 6.14. The second-order valence-electron chi connectivity index (χ2n) is 4.71. The van der Waals surface area contributed by atoms with Crippen molar-refractivity contribution in [2.24, 2.45) is 0 Å². The van der Waals surface area contributed by atoms with Crippen LogP contribution < -0.4 is 4.57 Å². The maximum atomic E-state index is 6.14. The predicted molar refractivity (Wildman–Crippen MR) is 90.4 cm³/mol. The van der Waals surface area contributed by atoms with E-state index in [9.17, 15) is 0 Å². The van der Waals surface area contributed by atoms with Crippen LogP contribution in [0.15, 0.2) is 23.2 Å². The smallest absolute Gasteiger partial charge is 0.265 e. The van der Waals surface area contributed by atoms with E-state index in [0.717, 1.165) is 24.7 Å². The number of fused-ring (bicyclic) bond motifs is 1. The highest BCUT2D eigenvalue weighted by molar-refractivity contribution is 8.03. The van der Waals surface area contributed by atoms with E-state index >= 15 is 0 Å². The van der Waals surface area contributed by atoms with Gasteiger partial charge in [-0.25, -0.2) is 0 Å². The molecule has 0 amide bonds.